The number of hydrogen-bond donors (Lipinski definition) is 2. The lowest BCUT2D eigenvalue weighted by Gasteiger charge is -2.19. The van der Waals surface area contributed by atoms with Gasteiger partial charge >= 0.3 is 12.1 Å². The molecule has 1 aliphatic rings. The topological polar surface area (TPSA) is 127 Å². The normalized spacial score (nSPS) is 12.0. The van der Waals surface area contributed by atoms with Gasteiger partial charge in [-0.2, -0.15) is 0 Å². The minimum Gasteiger partial charge on any atom is -0.481 e. The van der Waals surface area contributed by atoms with E-state index in [4.69, 9.17) is 9.84 Å². The van der Waals surface area contributed by atoms with Crippen LogP contribution in [0.5, 0.6) is 0 Å². The SMILES string of the molecule is CCN(CCC(=O)O)C(=O)Cn1cc(CNC(=O)OCC2c3ccccc3-c3ccccc32)nn1. The van der Waals surface area contributed by atoms with Gasteiger partial charge in [-0.1, -0.05) is 53.7 Å². The Kier molecular flexibility index (Phi) is 7.39. The zero-order chi connectivity index (χ0) is 24.8. The number of hydrogen-bond acceptors (Lipinski definition) is 6. The summed E-state index contributed by atoms with van der Waals surface area (Å²) in [7, 11) is 0. The summed E-state index contributed by atoms with van der Waals surface area (Å²) in [6, 6.07) is 16.2. The van der Waals surface area contributed by atoms with E-state index in [1.165, 1.54) is 9.58 Å². The quantitative estimate of drug-likeness (QED) is 0.460. The second kappa shape index (κ2) is 10.8. The van der Waals surface area contributed by atoms with Gasteiger partial charge in [-0.05, 0) is 29.2 Å². The van der Waals surface area contributed by atoms with Gasteiger partial charge in [0.1, 0.15) is 18.8 Å². The van der Waals surface area contributed by atoms with Crippen LogP contribution < -0.4 is 5.32 Å². The van der Waals surface area contributed by atoms with Crippen LogP contribution in [0.15, 0.2) is 54.7 Å². The average Bonchev–Trinajstić information content (AvgIpc) is 3.43. The van der Waals surface area contributed by atoms with Crippen molar-refractivity contribution in [2.24, 2.45) is 0 Å². The molecule has 0 radical (unpaired) electrons. The number of aromatic nitrogens is 3. The molecule has 35 heavy (non-hydrogen) atoms. The maximum atomic E-state index is 12.4. The van der Waals surface area contributed by atoms with Gasteiger partial charge in [-0.15, -0.1) is 5.10 Å². The Morgan fingerprint density at radius 2 is 1.74 bits per heavy atom. The van der Waals surface area contributed by atoms with Crippen LogP contribution >= 0.6 is 0 Å². The van der Waals surface area contributed by atoms with Crippen molar-refractivity contribution in [1.82, 2.24) is 25.2 Å². The Morgan fingerprint density at radius 1 is 1.09 bits per heavy atom. The second-order valence-corrected chi connectivity index (χ2v) is 8.20. The molecule has 10 nitrogen and oxygen atoms in total. The number of rotatable bonds is 10. The first kappa shape index (κ1) is 23.9. The highest BCUT2D eigenvalue weighted by molar-refractivity contribution is 5.79. The van der Waals surface area contributed by atoms with Crippen molar-refractivity contribution in [2.45, 2.75) is 32.4 Å². The van der Waals surface area contributed by atoms with E-state index in [0.717, 1.165) is 22.3 Å². The summed E-state index contributed by atoms with van der Waals surface area (Å²) in [4.78, 5) is 36.9. The van der Waals surface area contributed by atoms with Gasteiger partial charge in [0, 0.05) is 19.0 Å². The van der Waals surface area contributed by atoms with Crippen LogP contribution in [0.3, 0.4) is 0 Å². The number of benzene rings is 2. The number of carbonyl (C=O) groups is 3. The van der Waals surface area contributed by atoms with Crippen LogP contribution in [0.2, 0.25) is 0 Å². The number of fused-ring (bicyclic) bond motifs is 3. The molecule has 3 aromatic rings. The average molecular weight is 478 g/mol. The maximum absolute atomic E-state index is 12.4. The lowest BCUT2D eigenvalue weighted by molar-refractivity contribution is -0.138. The largest absolute Gasteiger partial charge is 0.481 e. The maximum Gasteiger partial charge on any atom is 0.407 e. The van der Waals surface area contributed by atoms with E-state index < -0.39 is 12.1 Å². The summed E-state index contributed by atoms with van der Waals surface area (Å²) in [5.74, 6) is -1.24. The monoisotopic (exact) mass is 477 g/mol. The van der Waals surface area contributed by atoms with E-state index in [1.807, 2.05) is 24.3 Å². The minimum absolute atomic E-state index is 0.0253. The Labute approximate surface area is 202 Å². The van der Waals surface area contributed by atoms with Gasteiger partial charge < -0.3 is 20.1 Å². The molecule has 0 bridgehead atoms. The Balaban J connectivity index is 1.27. The van der Waals surface area contributed by atoms with Gasteiger partial charge in [0.25, 0.3) is 0 Å². The molecule has 1 aliphatic carbocycles. The zero-order valence-electron chi connectivity index (χ0n) is 19.4. The molecule has 1 heterocycles. The molecule has 0 unspecified atom stereocenters. The van der Waals surface area contributed by atoms with Crippen molar-refractivity contribution in [2.75, 3.05) is 19.7 Å². The predicted molar refractivity (Wildman–Crippen MR) is 126 cm³/mol. The zero-order valence-corrected chi connectivity index (χ0v) is 19.4. The molecule has 2 N–H and O–H groups in total. The third kappa shape index (κ3) is 5.65. The van der Waals surface area contributed by atoms with Crippen LogP contribution in [0.25, 0.3) is 11.1 Å². The fraction of sp³-hybridized carbons (Fsp3) is 0.320. The molecule has 0 fully saturated rings. The smallest absolute Gasteiger partial charge is 0.407 e. The van der Waals surface area contributed by atoms with E-state index in [0.29, 0.717) is 12.2 Å². The van der Waals surface area contributed by atoms with Gasteiger partial charge in [-0.3, -0.25) is 9.59 Å². The summed E-state index contributed by atoms with van der Waals surface area (Å²) in [5.41, 5.74) is 5.07. The van der Waals surface area contributed by atoms with E-state index in [-0.39, 0.29) is 44.5 Å². The molecule has 10 heteroatoms. The molecule has 0 aliphatic heterocycles. The summed E-state index contributed by atoms with van der Waals surface area (Å²) in [5, 5.41) is 19.4. The van der Waals surface area contributed by atoms with Crippen LogP contribution in [-0.2, 0) is 27.4 Å². The number of carboxylic acid groups (broad SMARTS) is 1. The summed E-state index contributed by atoms with van der Waals surface area (Å²) in [6.45, 7) is 2.56. The number of amides is 2. The number of nitrogens with zero attached hydrogens (tertiary/aromatic N) is 4. The molecular formula is C25H27N5O5. The summed E-state index contributed by atoms with van der Waals surface area (Å²) in [6.07, 6.45) is 0.877. The molecule has 2 amide bonds. The van der Waals surface area contributed by atoms with E-state index >= 15 is 0 Å². The highest BCUT2D eigenvalue weighted by Gasteiger charge is 2.29. The molecule has 1 aromatic heterocycles. The van der Waals surface area contributed by atoms with Gasteiger partial charge in [0.15, 0.2) is 0 Å². The predicted octanol–water partition coefficient (Wildman–Crippen LogP) is 2.64. The van der Waals surface area contributed by atoms with Gasteiger partial charge in [0.05, 0.1) is 19.2 Å². The van der Waals surface area contributed by atoms with Crippen LogP contribution in [-0.4, -0.2) is 62.7 Å². The number of likely N-dealkylation sites (N-methyl/N-ethyl adjacent to an activating group) is 1. The van der Waals surface area contributed by atoms with Gasteiger partial charge in [-0.25, -0.2) is 9.48 Å². The van der Waals surface area contributed by atoms with E-state index in [1.54, 1.807) is 13.1 Å². The minimum atomic E-state index is -0.960. The second-order valence-electron chi connectivity index (χ2n) is 8.20. The Bertz CT molecular complexity index is 1180. The van der Waals surface area contributed by atoms with E-state index in [2.05, 4.69) is 39.9 Å². The highest BCUT2D eigenvalue weighted by Crippen LogP contribution is 2.44. The third-order valence-corrected chi connectivity index (χ3v) is 5.97. The van der Waals surface area contributed by atoms with Gasteiger partial charge in [0.2, 0.25) is 5.91 Å². The fourth-order valence-electron chi connectivity index (χ4n) is 4.24. The number of aliphatic carboxylic acids is 1. The molecule has 4 rings (SSSR count). The van der Waals surface area contributed by atoms with Crippen molar-refractivity contribution in [3.8, 4) is 11.1 Å². The van der Waals surface area contributed by atoms with Crippen molar-refractivity contribution < 1.29 is 24.2 Å². The molecule has 0 spiro atoms. The number of carboxylic acids is 1. The first-order valence-corrected chi connectivity index (χ1v) is 11.4. The number of ether oxygens (including phenoxy) is 1. The molecule has 2 aromatic carbocycles. The lowest BCUT2D eigenvalue weighted by Crippen LogP contribution is -2.35. The van der Waals surface area contributed by atoms with Crippen LogP contribution in [0, 0.1) is 0 Å². The van der Waals surface area contributed by atoms with Crippen LogP contribution in [0.4, 0.5) is 4.79 Å². The first-order chi connectivity index (χ1) is 17.0. The molecule has 0 atom stereocenters. The Morgan fingerprint density at radius 3 is 2.37 bits per heavy atom. The van der Waals surface area contributed by atoms with E-state index in [9.17, 15) is 14.4 Å². The summed E-state index contributed by atoms with van der Waals surface area (Å²) >= 11 is 0. The standard InChI is InChI=1S/C25H27N5O5/c1-2-29(12-11-24(32)33)23(31)15-30-14-17(27-28-30)13-26-25(34)35-16-22-20-9-5-3-7-18(20)19-8-4-6-10-21(19)22/h3-10,14,22H,2,11-13,15-16H2,1H3,(H,26,34)(H,32,33). The molecule has 0 saturated carbocycles. The lowest BCUT2D eigenvalue weighted by atomic mass is 9.98. The number of alkyl carbamates (subject to hydrolysis) is 1. The summed E-state index contributed by atoms with van der Waals surface area (Å²) < 4.78 is 6.87. The fourth-order valence-corrected chi connectivity index (χ4v) is 4.24. The number of carbonyl (C=O) groups excluding carboxylic acids is 2. The van der Waals surface area contributed by atoms with Crippen molar-refractivity contribution in [3.05, 3.63) is 71.5 Å². The van der Waals surface area contributed by atoms with Crippen LogP contribution in [0.1, 0.15) is 36.1 Å². The third-order valence-electron chi connectivity index (χ3n) is 5.97. The molecule has 182 valence electrons. The highest BCUT2D eigenvalue weighted by atomic mass is 16.5. The van der Waals surface area contributed by atoms with Crippen molar-refractivity contribution >= 4 is 18.0 Å². The van der Waals surface area contributed by atoms with Crippen molar-refractivity contribution in [1.29, 1.82) is 0 Å². The van der Waals surface area contributed by atoms with Crippen molar-refractivity contribution in [3.63, 3.8) is 0 Å². The Hall–Kier alpha value is -4.21. The molecule has 0 saturated heterocycles. The molecular weight excluding hydrogens is 450 g/mol. The first-order valence-electron chi connectivity index (χ1n) is 11.4. The number of nitrogens with one attached hydrogen (secondary N) is 1.